The van der Waals surface area contributed by atoms with Crippen LogP contribution in [0.1, 0.15) is 11.1 Å². The quantitative estimate of drug-likeness (QED) is 0.787. The zero-order valence-electron chi connectivity index (χ0n) is 6.83. The van der Waals surface area contributed by atoms with Crippen LogP contribution < -0.4 is 5.73 Å². The zero-order chi connectivity index (χ0) is 8.81. The average molecular weight is 226 g/mol. The molecule has 0 fully saturated rings. The van der Waals surface area contributed by atoms with Crippen LogP contribution in [0.5, 0.6) is 0 Å². The van der Waals surface area contributed by atoms with Gasteiger partial charge in [-0.25, -0.2) is 0 Å². The van der Waals surface area contributed by atoms with Crippen molar-refractivity contribution in [3.05, 3.63) is 41.5 Å². The van der Waals surface area contributed by atoms with Crippen molar-refractivity contribution >= 4 is 22.0 Å². The fraction of sp³-hybridized carbons (Fsp3) is 0.200. The first-order valence-electron chi connectivity index (χ1n) is 3.89. The molecular weight excluding hydrogens is 214 g/mol. The fourth-order valence-corrected chi connectivity index (χ4v) is 1.52. The minimum Gasteiger partial charge on any atom is -0.327 e. The van der Waals surface area contributed by atoms with E-state index in [1.807, 2.05) is 18.2 Å². The second-order valence-corrected chi connectivity index (χ2v) is 3.03. The molecule has 0 atom stereocenters. The summed E-state index contributed by atoms with van der Waals surface area (Å²) in [5.41, 5.74) is 7.90. The highest BCUT2D eigenvalue weighted by Crippen LogP contribution is 2.13. The fourth-order valence-electron chi connectivity index (χ4n) is 1.01. The van der Waals surface area contributed by atoms with Gasteiger partial charge in [0, 0.05) is 11.9 Å². The number of hydrogen-bond acceptors (Lipinski definition) is 1. The highest BCUT2D eigenvalue weighted by molar-refractivity contribution is 9.08. The van der Waals surface area contributed by atoms with Crippen LogP contribution in [0.3, 0.4) is 0 Å². The normalized spacial score (nSPS) is 10.8. The van der Waals surface area contributed by atoms with Crippen molar-refractivity contribution in [2.24, 2.45) is 5.73 Å². The van der Waals surface area contributed by atoms with E-state index in [1.54, 1.807) is 0 Å². The third-order valence-electron chi connectivity index (χ3n) is 1.63. The molecule has 0 aliphatic rings. The number of hydrogen-bond donors (Lipinski definition) is 1. The van der Waals surface area contributed by atoms with Crippen LogP contribution in [0.25, 0.3) is 6.08 Å². The van der Waals surface area contributed by atoms with E-state index in [2.05, 4.69) is 34.1 Å². The molecule has 0 heterocycles. The smallest absolute Gasteiger partial charge is 0.0288 e. The summed E-state index contributed by atoms with van der Waals surface area (Å²) in [6, 6.07) is 8.26. The first kappa shape index (κ1) is 9.49. The van der Waals surface area contributed by atoms with Crippen LogP contribution in [0.4, 0.5) is 0 Å². The number of nitrogens with two attached hydrogens (primary N) is 1. The molecule has 0 saturated heterocycles. The predicted octanol–water partition coefficient (Wildman–Crippen LogP) is 2.55. The number of halogens is 1. The second-order valence-electron chi connectivity index (χ2n) is 2.47. The Bertz CT molecular complexity index is 268. The van der Waals surface area contributed by atoms with E-state index in [0.717, 1.165) is 5.33 Å². The van der Waals surface area contributed by atoms with Gasteiger partial charge in [-0.3, -0.25) is 0 Å². The van der Waals surface area contributed by atoms with Crippen LogP contribution in [0, 0.1) is 0 Å². The minimum absolute atomic E-state index is 0.594. The molecule has 0 unspecified atom stereocenters. The Morgan fingerprint density at radius 2 is 2.08 bits per heavy atom. The molecule has 0 aromatic heterocycles. The van der Waals surface area contributed by atoms with Crippen LogP contribution in [0.15, 0.2) is 30.3 Å². The first-order valence-corrected chi connectivity index (χ1v) is 5.01. The topological polar surface area (TPSA) is 26.0 Å². The molecule has 12 heavy (non-hydrogen) atoms. The number of alkyl halides is 1. The lowest BCUT2D eigenvalue weighted by Crippen LogP contribution is -1.92. The largest absolute Gasteiger partial charge is 0.327 e. The van der Waals surface area contributed by atoms with Gasteiger partial charge in [-0.05, 0) is 11.1 Å². The van der Waals surface area contributed by atoms with Gasteiger partial charge < -0.3 is 5.73 Å². The van der Waals surface area contributed by atoms with Crippen molar-refractivity contribution in [3.63, 3.8) is 0 Å². The van der Waals surface area contributed by atoms with Crippen molar-refractivity contribution in [3.8, 4) is 0 Å². The summed E-state index contributed by atoms with van der Waals surface area (Å²) in [7, 11) is 0. The molecule has 0 saturated carbocycles. The maximum Gasteiger partial charge on any atom is 0.0288 e. The average Bonchev–Trinajstić information content (AvgIpc) is 2.15. The molecule has 2 N–H and O–H groups in total. The Kier molecular flexibility index (Phi) is 4.05. The Morgan fingerprint density at radius 1 is 1.33 bits per heavy atom. The molecule has 2 heteroatoms. The van der Waals surface area contributed by atoms with Gasteiger partial charge in [0.15, 0.2) is 0 Å². The highest BCUT2D eigenvalue weighted by atomic mass is 79.9. The van der Waals surface area contributed by atoms with Gasteiger partial charge in [-0.1, -0.05) is 52.3 Å². The van der Waals surface area contributed by atoms with Gasteiger partial charge in [0.1, 0.15) is 0 Å². The van der Waals surface area contributed by atoms with Gasteiger partial charge in [0.05, 0.1) is 0 Å². The Balaban J connectivity index is 2.89. The summed E-state index contributed by atoms with van der Waals surface area (Å²) < 4.78 is 0. The zero-order valence-corrected chi connectivity index (χ0v) is 8.42. The number of benzene rings is 1. The molecule has 0 radical (unpaired) electrons. The van der Waals surface area contributed by atoms with E-state index in [9.17, 15) is 0 Å². The van der Waals surface area contributed by atoms with Crippen LogP contribution in [-0.4, -0.2) is 6.54 Å². The molecule has 0 bridgehead atoms. The Labute approximate surface area is 81.4 Å². The van der Waals surface area contributed by atoms with Crippen molar-refractivity contribution in [1.29, 1.82) is 0 Å². The van der Waals surface area contributed by atoms with E-state index in [-0.39, 0.29) is 0 Å². The van der Waals surface area contributed by atoms with E-state index in [1.165, 1.54) is 11.1 Å². The van der Waals surface area contributed by atoms with Crippen molar-refractivity contribution in [2.45, 2.75) is 5.33 Å². The summed E-state index contributed by atoms with van der Waals surface area (Å²) in [6.07, 6.45) is 4.01. The van der Waals surface area contributed by atoms with E-state index in [0.29, 0.717) is 6.54 Å². The Hall–Kier alpha value is -0.600. The third-order valence-corrected chi connectivity index (χ3v) is 2.24. The molecule has 1 aromatic carbocycles. The monoisotopic (exact) mass is 225 g/mol. The van der Waals surface area contributed by atoms with Crippen molar-refractivity contribution in [1.82, 2.24) is 0 Å². The molecule has 1 aromatic rings. The lowest BCUT2D eigenvalue weighted by atomic mass is 10.1. The summed E-state index contributed by atoms with van der Waals surface area (Å²) in [5, 5.41) is 0.887. The van der Waals surface area contributed by atoms with Gasteiger partial charge in [0.2, 0.25) is 0 Å². The summed E-state index contributed by atoms with van der Waals surface area (Å²) in [6.45, 7) is 0.594. The Morgan fingerprint density at radius 3 is 2.75 bits per heavy atom. The van der Waals surface area contributed by atoms with Crippen LogP contribution in [0.2, 0.25) is 0 Å². The molecule has 1 nitrogen and oxygen atoms in total. The standard InChI is InChI=1S/C10H12BrN/c11-8-10-5-2-1-4-9(10)6-3-7-12/h1-6H,7-8,12H2. The molecule has 0 spiro atoms. The van der Waals surface area contributed by atoms with Crippen LogP contribution in [-0.2, 0) is 5.33 Å². The second kappa shape index (κ2) is 5.12. The van der Waals surface area contributed by atoms with Gasteiger partial charge in [-0.2, -0.15) is 0 Å². The van der Waals surface area contributed by atoms with E-state index < -0.39 is 0 Å². The van der Waals surface area contributed by atoms with Gasteiger partial charge >= 0.3 is 0 Å². The van der Waals surface area contributed by atoms with Gasteiger partial charge in [0.25, 0.3) is 0 Å². The molecule has 0 amide bonds. The van der Waals surface area contributed by atoms with Crippen molar-refractivity contribution < 1.29 is 0 Å². The van der Waals surface area contributed by atoms with E-state index >= 15 is 0 Å². The minimum atomic E-state index is 0.594. The predicted molar refractivity (Wildman–Crippen MR) is 57.2 cm³/mol. The third kappa shape index (κ3) is 2.47. The molecular formula is C10H12BrN. The molecule has 0 aliphatic carbocycles. The van der Waals surface area contributed by atoms with Crippen molar-refractivity contribution in [2.75, 3.05) is 6.54 Å². The summed E-state index contributed by atoms with van der Waals surface area (Å²) in [4.78, 5) is 0. The maximum absolute atomic E-state index is 5.37. The first-order chi connectivity index (χ1) is 5.88. The van der Waals surface area contributed by atoms with Crippen LogP contribution >= 0.6 is 15.9 Å². The molecule has 0 aliphatic heterocycles. The molecule has 1 rings (SSSR count). The summed E-state index contributed by atoms with van der Waals surface area (Å²) >= 11 is 3.44. The molecule has 64 valence electrons. The van der Waals surface area contributed by atoms with E-state index in [4.69, 9.17) is 5.73 Å². The lowest BCUT2D eigenvalue weighted by molar-refractivity contribution is 1.26. The number of rotatable bonds is 3. The highest BCUT2D eigenvalue weighted by Gasteiger charge is 1.94. The SMILES string of the molecule is NCC=Cc1ccccc1CBr. The van der Waals surface area contributed by atoms with Gasteiger partial charge in [-0.15, -0.1) is 0 Å². The summed E-state index contributed by atoms with van der Waals surface area (Å²) in [5.74, 6) is 0. The lowest BCUT2D eigenvalue weighted by Gasteiger charge is -2.00. The maximum atomic E-state index is 5.37.